The van der Waals surface area contributed by atoms with Gasteiger partial charge in [0, 0.05) is 18.7 Å². The highest BCUT2D eigenvalue weighted by Crippen LogP contribution is 2.27. The smallest absolute Gasteiger partial charge is 0.408 e. The molecule has 0 saturated carbocycles. The summed E-state index contributed by atoms with van der Waals surface area (Å²) in [6, 6.07) is 18.1. The molecule has 0 heterocycles. The average Bonchev–Trinajstić information content (AvgIpc) is 2.97. The predicted octanol–water partition coefficient (Wildman–Crippen LogP) is 5.87. The van der Waals surface area contributed by atoms with Crippen molar-refractivity contribution in [1.82, 2.24) is 10.2 Å². The quantitative estimate of drug-likeness (QED) is 0.229. The van der Waals surface area contributed by atoms with Crippen LogP contribution in [0, 0.1) is 0 Å². The molecule has 9 heteroatoms. The number of phenols is 1. The summed E-state index contributed by atoms with van der Waals surface area (Å²) in [5.74, 6) is -0.306. The molecule has 0 fully saturated rings. The Kier molecular flexibility index (Phi) is 11.1. The minimum atomic E-state index is -1.11. The summed E-state index contributed by atoms with van der Waals surface area (Å²) in [7, 11) is 1.55. The number of hydrogen-bond donors (Lipinski definition) is 3. The van der Waals surface area contributed by atoms with E-state index in [4.69, 9.17) is 9.47 Å². The number of ether oxygens (including phenoxy) is 2. The van der Waals surface area contributed by atoms with Crippen molar-refractivity contribution < 1.29 is 29.0 Å². The van der Waals surface area contributed by atoms with Crippen molar-refractivity contribution in [3.63, 3.8) is 0 Å². The molecule has 226 valence electrons. The van der Waals surface area contributed by atoms with Crippen LogP contribution in [0.5, 0.6) is 11.5 Å². The maximum atomic E-state index is 14.4. The van der Waals surface area contributed by atoms with Gasteiger partial charge in [-0.3, -0.25) is 9.59 Å². The van der Waals surface area contributed by atoms with E-state index in [1.54, 1.807) is 88.6 Å². The number of aromatic hydroxyl groups is 1. The van der Waals surface area contributed by atoms with Crippen molar-refractivity contribution in [1.29, 1.82) is 0 Å². The minimum absolute atomic E-state index is 0.0000737. The van der Waals surface area contributed by atoms with Gasteiger partial charge in [-0.2, -0.15) is 0 Å². The van der Waals surface area contributed by atoms with Gasteiger partial charge in [0.25, 0.3) is 5.91 Å². The fraction of sp³-hybridized carbons (Fsp3) is 0.265. The molecule has 2 atom stereocenters. The Hall–Kier alpha value is -5.05. The number of methoxy groups -OCH3 is 1. The number of amides is 3. The van der Waals surface area contributed by atoms with Crippen molar-refractivity contribution in [2.45, 2.75) is 44.9 Å². The van der Waals surface area contributed by atoms with Crippen LogP contribution in [-0.2, 0) is 20.7 Å². The first-order chi connectivity index (χ1) is 20.4. The second kappa shape index (κ2) is 14.7. The highest BCUT2D eigenvalue weighted by Gasteiger charge is 2.36. The molecular weight excluding hydrogens is 546 g/mol. The first kappa shape index (κ1) is 32.5. The Morgan fingerprint density at radius 1 is 1.00 bits per heavy atom. The summed E-state index contributed by atoms with van der Waals surface area (Å²) in [5, 5.41) is 15.3. The van der Waals surface area contributed by atoms with Gasteiger partial charge in [-0.25, -0.2) is 4.79 Å². The molecule has 0 bridgehead atoms. The SMILES string of the molecule is C=CCN(C(=O)C(Cc1ccc(O)cc1)NC(=O)OC(C)(C)C)C(C(=O)Nc1ccc(OC)cc1)c1cccc(C=C)c1. The van der Waals surface area contributed by atoms with E-state index in [1.165, 1.54) is 23.1 Å². The second-order valence-corrected chi connectivity index (χ2v) is 10.8. The third-order valence-corrected chi connectivity index (χ3v) is 6.35. The largest absolute Gasteiger partial charge is 0.508 e. The number of phenolic OH excluding ortho intramolecular Hbond substituents is 1. The van der Waals surface area contributed by atoms with Gasteiger partial charge in [0.05, 0.1) is 7.11 Å². The van der Waals surface area contributed by atoms with Crippen molar-refractivity contribution in [3.05, 3.63) is 109 Å². The number of benzene rings is 3. The maximum Gasteiger partial charge on any atom is 0.408 e. The summed E-state index contributed by atoms with van der Waals surface area (Å²) in [6.07, 6.45) is 2.47. The molecule has 3 rings (SSSR count). The Labute approximate surface area is 252 Å². The molecule has 43 heavy (non-hydrogen) atoms. The molecule has 0 aliphatic rings. The van der Waals surface area contributed by atoms with E-state index < -0.39 is 35.6 Å². The van der Waals surface area contributed by atoms with E-state index in [-0.39, 0.29) is 18.7 Å². The zero-order valence-electron chi connectivity index (χ0n) is 25.0. The summed E-state index contributed by atoms with van der Waals surface area (Å²) in [4.78, 5) is 42.6. The van der Waals surface area contributed by atoms with Crippen LogP contribution in [0.2, 0.25) is 0 Å². The number of alkyl carbamates (subject to hydrolysis) is 1. The van der Waals surface area contributed by atoms with E-state index in [0.717, 1.165) is 5.56 Å². The lowest BCUT2D eigenvalue weighted by Gasteiger charge is -2.34. The molecule has 0 saturated heterocycles. The van der Waals surface area contributed by atoms with Crippen LogP contribution in [0.25, 0.3) is 6.08 Å². The van der Waals surface area contributed by atoms with Crippen LogP contribution in [0.4, 0.5) is 10.5 Å². The fourth-order valence-electron chi connectivity index (χ4n) is 4.39. The lowest BCUT2D eigenvalue weighted by molar-refractivity contribution is -0.140. The van der Waals surface area contributed by atoms with E-state index in [9.17, 15) is 19.5 Å². The van der Waals surface area contributed by atoms with Crippen LogP contribution in [0.1, 0.15) is 43.5 Å². The summed E-state index contributed by atoms with van der Waals surface area (Å²) < 4.78 is 10.7. The van der Waals surface area contributed by atoms with Crippen molar-refractivity contribution in [2.75, 3.05) is 19.0 Å². The summed E-state index contributed by atoms with van der Waals surface area (Å²) >= 11 is 0. The lowest BCUT2D eigenvalue weighted by atomic mass is 9.98. The molecule has 0 spiro atoms. The second-order valence-electron chi connectivity index (χ2n) is 10.8. The molecule has 3 N–H and O–H groups in total. The van der Waals surface area contributed by atoms with E-state index >= 15 is 0 Å². The Bertz CT molecular complexity index is 1430. The molecule has 9 nitrogen and oxygen atoms in total. The Balaban J connectivity index is 2.06. The molecule has 2 unspecified atom stereocenters. The zero-order chi connectivity index (χ0) is 31.6. The number of nitrogens with one attached hydrogen (secondary N) is 2. The third kappa shape index (κ3) is 9.49. The highest BCUT2D eigenvalue weighted by molar-refractivity contribution is 5.99. The van der Waals surface area contributed by atoms with Gasteiger partial charge in [0.2, 0.25) is 5.91 Å². The molecule has 0 aromatic heterocycles. The van der Waals surface area contributed by atoms with Gasteiger partial charge in [0.15, 0.2) is 0 Å². The van der Waals surface area contributed by atoms with Crippen LogP contribution in [-0.4, -0.2) is 53.2 Å². The van der Waals surface area contributed by atoms with E-state index in [1.807, 2.05) is 6.07 Å². The normalized spacial score (nSPS) is 12.3. The Morgan fingerprint density at radius 3 is 2.26 bits per heavy atom. The topological polar surface area (TPSA) is 117 Å². The number of anilines is 1. The van der Waals surface area contributed by atoms with Gasteiger partial charge < -0.3 is 30.1 Å². The summed E-state index contributed by atoms with van der Waals surface area (Å²) in [5.41, 5.74) is 1.69. The monoisotopic (exact) mass is 585 g/mol. The first-order valence-electron chi connectivity index (χ1n) is 13.8. The molecule has 0 radical (unpaired) electrons. The third-order valence-electron chi connectivity index (χ3n) is 6.35. The van der Waals surface area contributed by atoms with Gasteiger partial charge in [0.1, 0.15) is 29.2 Å². The molecule has 0 aliphatic carbocycles. The average molecular weight is 586 g/mol. The molecule has 3 amide bonds. The van der Waals surface area contributed by atoms with Crippen LogP contribution in [0.15, 0.2) is 92.0 Å². The van der Waals surface area contributed by atoms with Crippen LogP contribution in [0.3, 0.4) is 0 Å². The van der Waals surface area contributed by atoms with Gasteiger partial charge in [-0.15, -0.1) is 6.58 Å². The number of carbonyl (C=O) groups excluding carboxylic acids is 3. The highest BCUT2D eigenvalue weighted by atomic mass is 16.6. The molecule has 3 aromatic carbocycles. The maximum absolute atomic E-state index is 14.4. The van der Waals surface area contributed by atoms with Crippen molar-refractivity contribution in [2.24, 2.45) is 0 Å². The number of nitrogens with zero attached hydrogens (tertiary/aromatic N) is 1. The predicted molar refractivity (Wildman–Crippen MR) is 168 cm³/mol. The van der Waals surface area contributed by atoms with E-state index in [0.29, 0.717) is 22.6 Å². The number of carbonyl (C=O) groups is 3. The Morgan fingerprint density at radius 2 is 1.67 bits per heavy atom. The summed E-state index contributed by atoms with van der Waals surface area (Å²) in [6.45, 7) is 12.8. The van der Waals surface area contributed by atoms with E-state index in [2.05, 4.69) is 23.8 Å². The van der Waals surface area contributed by atoms with Crippen LogP contribution >= 0.6 is 0 Å². The first-order valence-corrected chi connectivity index (χ1v) is 13.8. The van der Waals surface area contributed by atoms with Crippen molar-refractivity contribution in [3.8, 4) is 11.5 Å². The van der Waals surface area contributed by atoms with Crippen molar-refractivity contribution >= 4 is 29.7 Å². The fourth-order valence-corrected chi connectivity index (χ4v) is 4.39. The van der Waals surface area contributed by atoms with Gasteiger partial charge in [-0.05, 0) is 79.9 Å². The standard InChI is InChI=1S/C34H39N3O6/c1-7-20-37(32(40)29(36-33(41)43-34(3,4)5)22-24-12-16-27(38)17-13-24)30(25-11-9-10-23(8-2)21-25)31(39)35-26-14-18-28(42-6)19-15-26/h7-19,21,29-30,38H,1-2,20,22H2,3-6H3,(H,35,39)(H,36,41). The molecule has 3 aromatic rings. The van der Waals surface area contributed by atoms with Gasteiger partial charge in [-0.1, -0.05) is 49.1 Å². The zero-order valence-corrected chi connectivity index (χ0v) is 25.0. The molecular formula is C34H39N3O6. The molecule has 0 aliphatic heterocycles. The lowest BCUT2D eigenvalue weighted by Crippen LogP contribution is -2.53. The van der Waals surface area contributed by atoms with Gasteiger partial charge >= 0.3 is 6.09 Å². The minimum Gasteiger partial charge on any atom is -0.508 e. The number of rotatable bonds is 12. The number of hydrogen-bond acceptors (Lipinski definition) is 6. The van der Waals surface area contributed by atoms with Crippen LogP contribution < -0.4 is 15.4 Å².